The third kappa shape index (κ3) is 5.82. The zero-order valence-corrected chi connectivity index (χ0v) is 23.0. The van der Waals surface area contributed by atoms with Crippen molar-refractivity contribution in [3.63, 3.8) is 0 Å². The van der Waals surface area contributed by atoms with Gasteiger partial charge in [0.05, 0.1) is 24.6 Å². The molecule has 8 heteroatoms. The molecule has 0 unspecified atom stereocenters. The predicted molar refractivity (Wildman–Crippen MR) is 146 cm³/mol. The number of amides is 1. The van der Waals surface area contributed by atoms with Gasteiger partial charge in [-0.2, -0.15) is 0 Å². The monoisotopic (exact) mass is 538 g/mol. The molecule has 39 heavy (non-hydrogen) atoms. The third-order valence-corrected chi connectivity index (χ3v) is 8.65. The maximum absolute atomic E-state index is 15.1. The molecule has 1 aliphatic heterocycles. The van der Waals surface area contributed by atoms with Crippen LogP contribution in [0.25, 0.3) is 11.1 Å². The van der Waals surface area contributed by atoms with Crippen LogP contribution >= 0.6 is 0 Å². The van der Waals surface area contributed by atoms with Crippen LogP contribution in [0.5, 0.6) is 5.75 Å². The second kappa shape index (κ2) is 10.9. The van der Waals surface area contributed by atoms with Crippen LogP contribution in [0.15, 0.2) is 36.4 Å². The Kier molecular flexibility index (Phi) is 7.71. The summed E-state index contributed by atoms with van der Waals surface area (Å²) in [7, 11) is 1.95. The van der Waals surface area contributed by atoms with Crippen LogP contribution in [0.2, 0.25) is 0 Å². The van der Waals surface area contributed by atoms with E-state index in [9.17, 15) is 19.8 Å². The summed E-state index contributed by atoms with van der Waals surface area (Å²) in [5.41, 5.74) is 2.50. The molecule has 2 aromatic rings. The number of ether oxygens (including phenoxy) is 1. The van der Waals surface area contributed by atoms with Gasteiger partial charge in [-0.1, -0.05) is 44.5 Å². The van der Waals surface area contributed by atoms with E-state index in [1.54, 1.807) is 24.3 Å². The van der Waals surface area contributed by atoms with Crippen LogP contribution in [0.3, 0.4) is 0 Å². The zero-order chi connectivity index (χ0) is 27.9. The van der Waals surface area contributed by atoms with Gasteiger partial charge < -0.3 is 20.3 Å². The Morgan fingerprint density at radius 2 is 1.90 bits per heavy atom. The molecule has 0 radical (unpaired) electrons. The third-order valence-electron chi connectivity index (χ3n) is 8.65. The first-order valence-corrected chi connectivity index (χ1v) is 14.0. The molecular weight excluding hydrogens is 499 g/mol. The van der Waals surface area contributed by atoms with E-state index >= 15 is 4.39 Å². The molecule has 1 saturated heterocycles. The summed E-state index contributed by atoms with van der Waals surface area (Å²) in [4.78, 5) is 26.9. The minimum absolute atomic E-state index is 0.0588. The number of nitrogens with zero attached hydrogens (tertiary/aromatic N) is 1. The number of benzene rings is 2. The van der Waals surface area contributed by atoms with Gasteiger partial charge in [0, 0.05) is 24.9 Å². The van der Waals surface area contributed by atoms with Crippen LogP contribution in [0.1, 0.15) is 69.4 Å². The van der Waals surface area contributed by atoms with Crippen molar-refractivity contribution in [1.29, 1.82) is 0 Å². The van der Waals surface area contributed by atoms with Crippen molar-refractivity contribution >= 4 is 11.9 Å². The van der Waals surface area contributed by atoms with Gasteiger partial charge in [0.2, 0.25) is 5.91 Å². The molecule has 0 bridgehead atoms. The molecule has 3 N–H and O–H groups in total. The number of carbonyl (C=O) groups is 2. The van der Waals surface area contributed by atoms with Gasteiger partial charge in [0.1, 0.15) is 17.7 Å². The number of halogens is 1. The quantitative estimate of drug-likeness (QED) is 0.458. The number of carbonyl (C=O) groups excluding carboxylic acids is 1. The Bertz CT molecular complexity index is 1240. The number of hydrogen-bond acceptors (Lipinski definition) is 5. The van der Waals surface area contributed by atoms with Crippen molar-refractivity contribution in [2.45, 2.75) is 89.0 Å². The van der Waals surface area contributed by atoms with Gasteiger partial charge in [-0.15, -0.1) is 0 Å². The number of aliphatic hydroxyl groups is 1. The van der Waals surface area contributed by atoms with E-state index in [2.05, 4.69) is 24.1 Å². The average molecular weight is 539 g/mol. The summed E-state index contributed by atoms with van der Waals surface area (Å²) in [6.07, 6.45) is 2.99. The fourth-order valence-electron chi connectivity index (χ4n) is 6.66. The number of hydrogen-bond donors (Lipinski definition) is 3. The van der Waals surface area contributed by atoms with E-state index in [1.165, 1.54) is 6.07 Å². The summed E-state index contributed by atoms with van der Waals surface area (Å²) in [5.74, 6) is -0.775. The van der Waals surface area contributed by atoms with Crippen molar-refractivity contribution in [3.05, 3.63) is 53.3 Å². The highest BCUT2D eigenvalue weighted by atomic mass is 19.1. The zero-order valence-electron chi connectivity index (χ0n) is 23.0. The number of carboxylic acid groups (broad SMARTS) is 1. The van der Waals surface area contributed by atoms with Gasteiger partial charge in [-0.25, -0.2) is 4.39 Å². The lowest BCUT2D eigenvalue weighted by Gasteiger charge is -2.29. The Labute approximate surface area is 229 Å². The lowest BCUT2D eigenvalue weighted by molar-refractivity contribution is -0.136. The molecule has 0 spiro atoms. The molecule has 7 nitrogen and oxygen atoms in total. The van der Waals surface area contributed by atoms with Crippen molar-refractivity contribution in [2.75, 3.05) is 13.6 Å². The van der Waals surface area contributed by atoms with E-state index in [0.29, 0.717) is 40.8 Å². The largest absolute Gasteiger partial charge is 0.490 e. The van der Waals surface area contributed by atoms with Gasteiger partial charge in [-0.3, -0.25) is 14.5 Å². The number of likely N-dealkylation sites (tertiary alicyclic amines) is 1. The fourth-order valence-corrected chi connectivity index (χ4v) is 6.66. The van der Waals surface area contributed by atoms with Crippen LogP contribution in [-0.2, 0) is 16.0 Å². The smallest absolute Gasteiger partial charge is 0.307 e. The second-order valence-electron chi connectivity index (χ2n) is 12.4. The SMILES string of the molecule is CN1CC(C)(C)C[C@H]1C(=O)N[C@H]1C[C@H](Oc2cccc(CC(=O)O)c2-c2cccc(F)c2C2CCC2)C[C@H]1O. The van der Waals surface area contributed by atoms with E-state index in [-0.39, 0.29) is 41.6 Å². The molecule has 210 valence electrons. The standard InChI is InChI=1S/C31H39FN2O5/c1-31(2)16-24(34(3)17-31)30(38)33-23-14-20(15-25(23)35)39-26-12-5-9-19(13-27(36)37)29(26)21-10-6-11-22(32)28(21)18-7-4-8-18/h5-6,9-12,18,20,23-25,35H,4,7-8,13-17H2,1-3H3,(H,33,38)(H,36,37)/t20-,23-,24-,25+/m0/s1. The van der Waals surface area contributed by atoms with Crippen molar-refractivity contribution in [3.8, 4) is 16.9 Å². The Morgan fingerprint density at radius 3 is 2.54 bits per heavy atom. The van der Waals surface area contributed by atoms with Crippen LogP contribution < -0.4 is 10.1 Å². The number of aliphatic hydroxyl groups excluding tert-OH is 1. The first-order chi connectivity index (χ1) is 18.5. The highest BCUT2D eigenvalue weighted by molar-refractivity contribution is 5.83. The highest BCUT2D eigenvalue weighted by Crippen LogP contribution is 2.46. The minimum Gasteiger partial charge on any atom is -0.490 e. The molecular formula is C31H39FN2O5. The summed E-state index contributed by atoms with van der Waals surface area (Å²) < 4.78 is 21.6. The van der Waals surface area contributed by atoms with Gasteiger partial charge in [0.25, 0.3) is 0 Å². The molecule has 2 aliphatic carbocycles. The Balaban J connectivity index is 1.39. The maximum atomic E-state index is 15.1. The maximum Gasteiger partial charge on any atom is 0.307 e. The normalized spacial score (nSPS) is 26.8. The highest BCUT2D eigenvalue weighted by Gasteiger charge is 2.42. The van der Waals surface area contributed by atoms with E-state index < -0.39 is 18.1 Å². The minimum atomic E-state index is -0.978. The summed E-state index contributed by atoms with van der Waals surface area (Å²) in [6, 6.07) is 9.57. The molecule has 1 heterocycles. The van der Waals surface area contributed by atoms with E-state index in [0.717, 1.165) is 32.2 Å². The molecule has 3 fully saturated rings. The molecule has 5 rings (SSSR count). The average Bonchev–Trinajstić information content (AvgIpc) is 3.30. The van der Waals surface area contributed by atoms with Crippen molar-refractivity contribution in [1.82, 2.24) is 10.2 Å². The molecule has 2 saturated carbocycles. The summed E-state index contributed by atoms with van der Waals surface area (Å²) in [6.45, 7) is 5.13. The lowest BCUT2D eigenvalue weighted by atomic mass is 9.76. The molecule has 4 atom stereocenters. The van der Waals surface area contributed by atoms with Crippen molar-refractivity contribution in [2.24, 2.45) is 5.41 Å². The lowest BCUT2D eigenvalue weighted by Crippen LogP contribution is -2.48. The molecule has 1 amide bonds. The summed E-state index contributed by atoms with van der Waals surface area (Å²) in [5, 5.41) is 23.5. The Morgan fingerprint density at radius 1 is 1.15 bits per heavy atom. The van der Waals surface area contributed by atoms with Crippen LogP contribution in [0.4, 0.5) is 4.39 Å². The van der Waals surface area contributed by atoms with Gasteiger partial charge >= 0.3 is 5.97 Å². The fraction of sp³-hybridized carbons (Fsp3) is 0.548. The van der Waals surface area contributed by atoms with Crippen LogP contribution in [0, 0.1) is 11.2 Å². The number of likely N-dealkylation sites (N-methyl/N-ethyl adjacent to an activating group) is 1. The van der Waals surface area contributed by atoms with Crippen molar-refractivity contribution < 1.29 is 28.9 Å². The topological polar surface area (TPSA) is 99.1 Å². The van der Waals surface area contributed by atoms with Crippen LogP contribution in [-0.4, -0.2) is 64.9 Å². The number of aliphatic carboxylic acids is 1. The molecule has 2 aromatic carbocycles. The number of nitrogens with one attached hydrogen (secondary N) is 1. The van der Waals surface area contributed by atoms with E-state index in [1.807, 2.05) is 13.1 Å². The predicted octanol–water partition coefficient (Wildman–Crippen LogP) is 4.50. The first-order valence-electron chi connectivity index (χ1n) is 14.0. The van der Waals surface area contributed by atoms with Gasteiger partial charge in [-0.05, 0) is 66.5 Å². The number of carboxylic acids is 1. The molecule has 3 aliphatic rings. The Hall–Kier alpha value is -2.97. The summed E-state index contributed by atoms with van der Waals surface area (Å²) >= 11 is 0. The molecule has 0 aromatic heterocycles. The van der Waals surface area contributed by atoms with E-state index in [4.69, 9.17) is 4.74 Å². The number of rotatable bonds is 8. The first kappa shape index (κ1) is 27.6. The second-order valence-corrected chi connectivity index (χ2v) is 12.4. The van der Waals surface area contributed by atoms with Gasteiger partial charge in [0.15, 0.2) is 0 Å².